The molecule has 0 spiro atoms. The summed E-state index contributed by atoms with van der Waals surface area (Å²) in [6.45, 7) is 9.08. The summed E-state index contributed by atoms with van der Waals surface area (Å²) in [5, 5.41) is 3.05. The third-order valence-corrected chi connectivity index (χ3v) is 5.68. The van der Waals surface area contributed by atoms with E-state index in [2.05, 4.69) is 48.3 Å². The second-order valence-electron chi connectivity index (χ2n) is 7.54. The lowest BCUT2D eigenvalue weighted by atomic mass is 9.95. The summed E-state index contributed by atoms with van der Waals surface area (Å²) in [7, 11) is 0. The number of piperidine rings is 1. The predicted molar refractivity (Wildman–Crippen MR) is 112 cm³/mol. The van der Waals surface area contributed by atoms with Crippen molar-refractivity contribution < 1.29 is 14.0 Å². The second kappa shape index (κ2) is 10.3. The van der Waals surface area contributed by atoms with E-state index in [1.54, 1.807) is 17.0 Å². The molecule has 0 aliphatic carbocycles. The Kier molecular flexibility index (Phi) is 7.47. The maximum absolute atomic E-state index is 12.5. The first-order valence-corrected chi connectivity index (χ1v) is 10.5. The molecule has 1 aromatic carbocycles. The number of likely N-dealkylation sites (tertiary alicyclic amines) is 1. The van der Waals surface area contributed by atoms with Crippen LogP contribution < -0.4 is 5.32 Å². The van der Waals surface area contributed by atoms with E-state index in [1.807, 2.05) is 0 Å². The van der Waals surface area contributed by atoms with Crippen LogP contribution in [0.1, 0.15) is 48.4 Å². The van der Waals surface area contributed by atoms with Gasteiger partial charge in [-0.25, -0.2) is 0 Å². The van der Waals surface area contributed by atoms with Gasteiger partial charge in [0.25, 0.3) is 5.91 Å². The third-order valence-electron chi connectivity index (χ3n) is 5.68. The fraction of sp³-hybridized carbons (Fsp3) is 0.478. The van der Waals surface area contributed by atoms with Crippen LogP contribution in [0.5, 0.6) is 0 Å². The normalized spacial score (nSPS) is 14.9. The number of carbonyl (C=O) groups is 2. The number of hydrogen-bond donors (Lipinski definition) is 1. The van der Waals surface area contributed by atoms with Crippen molar-refractivity contribution in [3.8, 4) is 0 Å². The van der Waals surface area contributed by atoms with E-state index in [1.165, 1.54) is 11.8 Å². The Morgan fingerprint density at radius 1 is 1.07 bits per heavy atom. The van der Waals surface area contributed by atoms with Crippen molar-refractivity contribution >= 4 is 11.8 Å². The smallest absolute Gasteiger partial charge is 0.289 e. The number of benzene rings is 1. The molecule has 2 aromatic rings. The van der Waals surface area contributed by atoms with Crippen LogP contribution in [-0.4, -0.2) is 47.8 Å². The molecule has 1 aromatic heterocycles. The summed E-state index contributed by atoms with van der Waals surface area (Å²) < 4.78 is 5.18. The predicted octanol–water partition coefficient (Wildman–Crippen LogP) is 3.29. The van der Waals surface area contributed by atoms with Crippen molar-refractivity contribution in [1.82, 2.24) is 15.1 Å². The SMILES string of the molecule is CCN(CC)Cc1ccc(CNC(=O)C2CCN(C(=O)c3ccco3)CC2)cc1. The zero-order valence-corrected chi connectivity index (χ0v) is 17.4. The first-order chi connectivity index (χ1) is 14.1. The Balaban J connectivity index is 1.42. The Morgan fingerprint density at radius 3 is 2.31 bits per heavy atom. The first kappa shape index (κ1) is 21.1. The topological polar surface area (TPSA) is 65.8 Å². The molecule has 1 aliphatic rings. The minimum absolute atomic E-state index is 0.0439. The van der Waals surface area contributed by atoms with Crippen molar-refractivity contribution in [3.05, 3.63) is 59.5 Å². The number of nitrogens with zero attached hydrogens (tertiary/aromatic N) is 2. The van der Waals surface area contributed by atoms with Crippen LogP contribution >= 0.6 is 0 Å². The maximum Gasteiger partial charge on any atom is 0.289 e. The van der Waals surface area contributed by atoms with Crippen LogP contribution in [0, 0.1) is 5.92 Å². The highest BCUT2D eigenvalue weighted by molar-refractivity contribution is 5.91. The number of carbonyl (C=O) groups excluding carboxylic acids is 2. The van der Waals surface area contributed by atoms with Crippen LogP contribution in [0.3, 0.4) is 0 Å². The Labute approximate surface area is 172 Å². The lowest BCUT2D eigenvalue weighted by Crippen LogP contribution is -2.42. The molecule has 1 fully saturated rings. The van der Waals surface area contributed by atoms with Crippen LogP contribution in [0.4, 0.5) is 0 Å². The van der Waals surface area contributed by atoms with Crippen LogP contribution in [0.25, 0.3) is 0 Å². The van der Waals surface area contributed by atoms with Gasteiger partial charge in [-0.15, -0.1) is 0 Å². The van der Waals surface area contributed by atoms with Crippen LogP contribution in [0.15, 0.2) is 47.1 Å². The molecule has 156 valence electrons. The lowest BCUT2D eigenvalue weighted by Gasteiger charge is -2.30. The third kappa shape index (κ3) is 5.70. The highest BCUT2D eigenvalue weighted by Crippen LogP contribution is 2.20. The number of furan rings is 1. The number of amides is 2. The van der Waals surface area contributed by atoms with Gasteiger partial charge in [0.2, 0.25) is 5.91 Å². The molecule has 0 unspecified atom stereocenters. The van der Waals surface area contributed by atoms with Gasteiger partial charge >= 0.3 is 0 Å². The van der Waals surface area contributed by atoms with E-state index in [-0.39, 0.29) is 17.7 Å². The summed E-state index contributed by atoms with van der Waals surface area (Å²) >= 11 is 0. The summed E-state index contributed by atoms with van der Waals surface area (Å²) in [6.07, 6.45) is 2.87. The molecular formula is C23H31N3O3. The summed E-state index contributed by atoms with van der Waals surface area (Å²) in [5.74, 6) is 0.288. The highest BCUT2D eigenvalue weighted by atomic mass is 16.3. The van der Waals surface area contributed by atoms with Crippen molar-refractivity contribution in [2.75, 3.05) is 26.2 Å². The quantitative estimate of drug-likeness (QED) is 0.742. The van der Waals surface area contributed by atoms with Crippen molar-refractivity contribution in [2.45, 2.75) is 39.8 Å². The monoisotopic (exact) mass is 397 g/mol. The molecule has 0 atom stereocenters. The Hall–Kier alpha value is -2.60. The van der Waals surface area contributed by atoms with Gasteiger partial charge in [0, 0.05) is 32.1 Å². The van der Waals surface area contributed by atoms with Gasteiger partial charge in [-0.1, -0.05) is 38.1 Å². The van der Waals surface area contributed by atoms with E-state index in [4.69, 9.17) is 4.42 Å². The van der Waals surface area contributed by atoms with Gasteiger partial charge in [-0.3, -0.25) is 14.5 Å². The average molecular weight is 398 g/mol. The molecule has 1 N–H and O–H groups in total. The van der Waals surface area contributed by atoms with Crippen LogP contribution in [0.2, 0.25) is 0 Å². The molecular weight excluding hydrogens is 366 g/mol. The minimum atomic E-state index is -0.0985. The molecule has 2 amide bonds. The summed E-state index contributed by atoms with van der Waals surface area (Å²) in [5.41, 5.74) is 2.39. The molecule has 6 nitrogen and oxygen atoms in total. The lowest BCUT2D eigenvalue weighted by molar-refractivity contribution is -0.126. The zero-order valence-electron chi connectivity index (χ0n) is 17.4. The van der Waals surface area contributed by atoms with E-state index < -0.39 is 0 Å². The zero-order chi connectivity index (χ0) is 20.6. The van der Waals surface area contributed by atoms with Gasteiger partial charge in [0.1, 0.15) is 0 Å². The van der Waals surface area contributed by atoms with Crippen LogP contribution in [-0.2, 0) is 17.9 Å². The fourth-order valence-electron chi connectivity index (χ4n) is 3.70. The molecule has 0 saturated carbocycles. The average Bonchev–Trinajstić information content (AvgIpc) is 3.31. The maximum atomic E-state index is 12.5. The number of rotatable bonds is 8. The standard InChI is InChI=1S/C23H31N3O3/c1-3-25(4-2)17-19-9-7-18(8-10-19)16-24-22(27)20-11-13-26(14-12-20)23(28)21-6-5-15-29-21/h5-10,15,20H,3-4,11-14,16-17H2,1-2H3,(H,24,27). The van der Waals surface area contributed by atoms with Crippen molar-refractivity contribution in [1.29, 1.82) is 0 Å². The van der Waals surface area contributed by atoms with E-state index in [9.17, 15) is 9.59 Å². The number of hydrogen-bond acceptors (Lipinski definition) is 4. The van der Waals surface area contributed by atoms with Gasteiger partial charge in [-0.05, 0) is 49.2 Å². The molecule has 3 rings (SSSR count). The molecule has 1 aliphatic heterocycles. The van der Waals surface area contributed by atoms with E-state index in [0.717, 1.165) is 25.2 Å². The van der Waals surface area contributed by atoms with Crippen molar-refractivity contribution in [2.24, 2.45) is 5.92 Å². The van der Waals surface area contributed by atoms with E-state index in [0.29, 0.717) is 38.2 Å². The first-order valence-electron chi connectivity index (χ1n) is 10.5. The number of nitrogens with one attached hydrogen (secondary N) is 1. The van der Waals surface area contributed by atoms with Gasteiger partial charge in [0.05, 0.1) is 6.26 Å². The largest absolute Gasteiger partial charge is 0.459 e. The van der Waals surface area contributed by atoms with Gasteiger partial charge < -0.3 is 14.6 Å². The molecule has 1 saturated heterocycles. The Bertz CT molecular complexity index is 774. The fourth-order valence-corrected chi connectivity index (χ4v) is 3.70. The highest BCUT2D eigenvalue weighted by Gasteiger charge is 2.28. The van der Waals surface area contributed by atoms with Gasteiger partial charge in [-0.2, -0.15) is 0 Å². The summed E-state index contributed by atoms with van der Waals surface area (Å²) in [6, 6.07) is 11.8. The molecule has 2 heterocycles. The van der Waals surface area contributed by atoms with Crippen molar-refractivity contribution in [3.63, 3.8) is 0 Å². The van der Waals surface area contributed by atoms with Gasteiger partial charge in [0.15, 0.2) is 5.76 Å². The second-order valence-corrected chi connectivity index (χ2v) is 7.54. The Morgan fingerprint density at radius 2 is 1.72 bits per heavy atom. The van der Waals surface area contributed by atoms with E-state index >= 15 is 0 Å². The minimum Gasteiger partial charge on any atom is -0.459 e. The molecule has 29 heavy (non-hydrogen) atoms. The summed E-state index contributed by atoms with van der Waals surface area (Å²) in [4.78, 5) is 29.0. The molecule has 0 radical (unpaired) electrons. The molecule has 0 bridgehead atoms. The molecule has 6 heteroatoms.